The number of aliphatic hydroxyl groups excluding tert-OH is 1. The van der Waals surface area contributed by atoms with E-state index in [2.05, 4.69) is 81.3 Å². The number of allylic oxidation sites excluding steroid dienone is 8. The van der Waals surface area contributed by atoms with E-state index >= 15 is 0 Å². The van der Waals surface area contributed by atoms with Crippen molar-refractivity contribution in [1.82, 2.24) is 4.90 Å². The molecule has 0 radical (unpaired) electrons. The summed E-state index contributed by atoms with van der Waals surface area (Å²) < 4.78 is 28.7. The van der Waals surface area contributed by atoms with Gasteiger partial charge < -0.3 is 33.7 Å². The van der Waals surface area contributed by atoms with Crippen molar-refractivity contribution >= 4 is 18.1 Å². The van der Waals surface area contributed by atoms with Crippen molar-refractivity contribution in [1.29, 1.82) is 0 Å². The second-order valence-electron chi connectivity index (χ2n) is 19.3. The second-order valence-corrected chi connectivity index (χ2v) is 19.3. The van der Waals surface area contributed by atoms with E-state index in [0.29, 0.717) is 25.7 Å². The van der Waals surface area contributed by atoms with E-state index in [4.69, 9.17) is 23.7 Å². The molecule has 1 heterocycles. The van der Waals surface area contributed by atoms with Crippen LogP contribution in [0.15, 0.2) is 48.6 Å². The molecule has 0 bridgehead atoms. The molecule has 10 nitrogen and oxygen atoms in total. The number of nitrogens with zero attached hydrogens (tertiary/aromatic N) is 1. The predicted octanol–water partition coefficient (Wildman–Crippen LogP) is 15.6. The van der Waals surface area contributed by atoms with Crippen molar-refractivity contribution in [3.05, 3.63) is 48.6 Å². The number of piperidine rings is 1. The minimum atomic E-state index is -1.01. The lowest BCUT2D eigenvalue weighted by atomic mass is 10.0. The van der Waals surface area contributed by atoms with Crippen LogP contribution >= 0.6 is 0 Å². The molecule has 1 aliphatic rings. The Hall–Kier alpha value is -2.95. The molecule has 68 heavy (non-hydrogen) atoms. The van der Waals surface area contributed by atoms with E-state index in [-0.39, 0.29) is 31.7 Å². The zero-order valence-corrected chi connectivity index (χ0v) is 44.2. The van der Waals surface area contributed by atoms with Crippen LogP contribution in [0.2, 0.25) is 0 Å². The van der Waals surface area contributed by atoms with Crippen LogP contribution in [0.3, 0.4) is 0 Å². The number of ether oxygens (including phenoxy) is 5. The lowest BCUT2D eigenvalue weighted by molar-refractivity contribution is -0.173. The van der Waals surface area contributed by atoms with Crippen LogP contribution in [-0.2, 0) is 33.3 Å². The molecule has 1 fully saturated rings. The van der Waals surface area contributed by atoms with Gasteiger partial charge in [0.2, 0.25) is 0 Å². The zero-order chi connectivity index (χ0) is 49.4. The SMILES string of the molecule is CCCCC/C=C\C/C=C\CCCCCCCC(=O)OCC(COC(O)CCCCCCC/C=C\C/C=C\CCCCC)OC(=O)CCC(CCCCCCCC)OC(=O)OC1CCN(C)CC1. The number of esters is 2. The van der Waals surface area contributed by atoms with Gasteiger partial charge in [0.25, 0.3) is 0 Å². The first-order valence-corrected chi connectivity index (χ1v) is 28.1. The van der Waals surface area contributed by atoms with Crippen LogP contribution in [0.1, 0.15) is 245 Å². The molecule has 3 atom stereocenters. The molecule has 1 aliphatic heterocycles. The Kier molecular flexibility index (Phi) is 44.3. The second kappa shape index (κ2) is 47.7. The van der Waals surface area contributed by atoms with Gasteiger partial charge in [-0.2, -0.15) is 0 Å². The first kappa shape index (κ1) is 63.1. The summed E-state index contributed by atoms with van der Waals surface area (Å²) in [6.07, 6.45) is 49.4. The van der Waals surface area contributed by atoms with Gasteiger partial charge in [-0.25, -0.2) is 4.79 Å². The normalized spacial score (nSPS) is 15.2. The molecule has 0 amide bonds. The van der Waals surface area contributed by atoms with Gasteiger partial charge in [-0.05, 0) is 123 Å². The molecule has 3 unspecified atom stereocenters. The third kappa shape index (κ3) is 42.0. The number of hydrogen-bond donors (Lipinski definition) is 1. The summed E-state index contributed by atoms with van der Waals surface area (Å²) in [4.78, 5) is 41.2. The molecule has 1 rings (SSSR count). The lowest BCUT2D eigenvalue weighted by Crippen LogP contribution is -2.36. The van der Waals surface area contributed by atoms with Gasteiger partial charge in [-0.1, -0.05) is 166 Å². The molecule has 394 valence electrons. The molecule has 0 aromatic carbocycles. The number of carbonyl (C=O) groups is 3. The molecule has 1 N–H and O–H groups in total. The average Bonchev–Trinajstić information content (AvgIpc) is 3.33. The predicted molar refractivity (Wildman–Crippen MR) is 281 cm³/mol. The highest BCUT2D eigenvalue weighted by Gasteiger charge is 2.25. The number of aliphatic hydroxyl groups is 1. The smallest absolute Gasteiger partial charge is 0.462 e. The van der Waals surface area contributed by atoms with E-state index < -0.39 is 30.6 Å². The highest BCUT2D eigenvalue weighted by molar-refractivity contribution is 5.70. The van der Waals surface area contributed by atoms with Gasteiger partial charge in [0.1, 0.15) is 18.8 Å². The summed E-state index contributed by atoms with van der Waals surface area (Å²) in [5.74, 6) is -0.829. The zero-order valence-electron chi connectivity index (χ0n) is 44.2. The van der Waals surface area contributed by atoms with Gasteiger partial charge in [0, 0.05) is 25.9 Å². The maximum absolute atomic E-state index is 13.3. The summed E-state index contributed by atoms with van der Waals surface area (Å²) in [7, 11) is 2.06. The summed E-state index contributed by atoms with van der Waals surface area (Å²) in [6.45, 7) is 8.16. The van der Waals surface area contributed by atoms with E-state index in [0.717, 1.165) is 135 Å². The Morgan fingerprint density at radius 3 is 1.54 bits per heavy atom. The van der Waals surface area contributed by atoms with Crippen LogP contribution < -0.4 is 0 Å². The van der Waals surface area contributed by atoms with E-state index in [1.54, 1.807) is 0 Å². The number of rotatable bonds is 46. The lowest BCUT2D eigenvalue weighted by Gasteiger charge is -2.29. The summed E-state index contributed by atoms with van der Waals surface area (Å²) >= 11 is 0. The van der Waals surface area contributed by atoms with Crippen molar-refractivity contribution in [2.75, 3.05) is 33.4 Å². The molecule has 0 aliphatic carbocycles. The number of likely N-dealkylation sites (tertiary alicyclic amines) is 1. The third-order valence-corrected chi connectivity index (χ3v) is 12.7. The Morgan fingerprint density at radius 1 is 0.515 bits per heavy atom. The van der Waals surface area contributed by atoms with Gasteiger partial charge in [0.05, 0.1) is 6.61 Å². The van der Waals surface area contributed by atoms with Crippen LogP contribution in [0, 0.1) is 0 Å². The summed E-state index contributed by atoms with van der Waals surface area (Å²) in [5.41, 5.74) is 0. The highest BCUT2D eigenvalue weighted by atomic mass is 16.7. The fourth-order valence-corrected chi connectivity index (χ4v) is 8.23. The number of carbonyl (C=O) groups excluding carboxylic acids is 3. The molecule has 0 aromatic heterocycles. The first-order chi connectivity index (χ1) is 33.3. The van der Waals surface area contributed by atoms with E-state index in [9.17, 15) is 19.5 Å². The van der Waals surface area contributed by atoms with Crippen molar-refractivity contribution < 1.29 is 43.2 Å². The largest absolute Gasteiger partial charge is 0.508 e. The Morgan fingerprint density at radius 2 is 0.985 bits per heavy atom. The fraction of sp³-hybridized carbons (Fsp3) is 0.810. The van der Waals surface area contributed by atoms with Crippen LogP contribution in [0.25, 0.3) is 0 Å². The first-order valence-electron chi connectivity index (χ1n) is 28.1. The monoisotopic (exact) mass is 958 g/mol. The Bertz CT molecular complexity index is 1290. The Labute approximate surface area is 416 Å². The topological polar surface area (TPSA) is 121 Å². The third-order valence-electron chi connectivity index (χ3n) is 12.7. The van der Waals surface area contributed by atoms with Crippen molar-refractivity contribution in [3.8, 4) is 0 Å². The van der Waals surface area contributed by atoms with Crippen molar-refractivity contribution in [2.24, 2.45) is 0 Å². The minimum Gasteiger partial charge on any atom is -0.462 e. The van der Waals surface area contributed by atoms with Crippen molar-refractivity contribution in [2.45, 2.75) is 270 Å². The quantitative estimate of drug-likeness (QED) is 0.0208. The van der Waals surface area contributed by atoms with Crippen LogP contribution in [-0.4, -0.2) is 86.1 Å². The summed E-state index contributed by atoms with van der Waals surface area (Å²) in [6, 6.07) is 0. The molecular formula is C58H103NO9. The highest BCUT2D eigenvalue weighted by Crippen LogP contribution is 2.19. The molecular weight excluding hydrogens is 855 g/mol. The average molecular weight is 958 g/mol. The Balaban J connectivity index is 2.60. The van der Waals surface area contributed by atoms with Gasteiger partial charge in [-0.3, -0.25) is 9.59 Å². The molecule has 10 heteroatoms. The van der Waals surface area contributed by atoms with Gasteiger partial charge >= 0.3 is 18.1 Å². The fourth-order valence-electron chi connectivity index (χ4n) is 8.23. The molecule has 0 aromatic rings. The maximum atomic E-state index is 13.3. The van der Waals surface area contributed by atoms with E-state index in [1.165, 1.54) is 70.6 Å². The molecule has 0 saturated carbocycles. The van der Waals surface area contributed by atoms with Crippen LogP contribution in [0.4, 0.5) is 4.79 Å². The van der Waals surface area contributed by atoms with Crippen molar-refractivity contribution in [3.63, 3.8) is 0 Å². The minimum absolute atomic E-state index is 0.0208. The number of unbranched alkanes of at least 4 members (excludes halogenated alkanes) is 21. The molecule has 1 saturated heterocycles. The maximum Gasteiger partial charge on any atom is 0.508 e. The summed E-state index contributed by atoms with van der Waals surface area (Å²) in [5, 5.41) is 10.7. The standard InChI is InChI=1S/C58H103NO9/c1-5-8-11-14-17-19-21-23-25-27-29-31-33-36-39-42-55(60)64-50-54(51-65-56(61)43-40-37-34-32-30-28-26-24-22-20-18-15-12-9-6-2)66-57(62)45-44-52(41-38-35-16-13-10-7-3)67-58(63)68-53-46-48-59(4)49-47-53/h17-20,23-26,52-55,60H,5-16,21-22,27-51H2,1-4H3/b19-17-,20-18-,25-23-,26-24-. The number of hydrogen-bond acceptors (Lipinski definition) is 10. The van der Waals surface area contributed by atoms with Gasteiger partial charge in [0.15, 0.2) is 12.4 Å². The van der Waals surface area contributed by atoms with Gasteiger partial charge in [-0.15, -0.1) is 0 Å². The van der Waals surface area contributed by atoms with E-state index in [1.807, 2.05) is 0 Å². The molecule has 0 spiro atoms. The van der Waals surface area contributed by atoms with Crippen LogP contribution in [0.5, 0.6) is 0 Å².